The first-order valence-electron chi connectivity index (χ1n) is 5.42. The maximum atomic E-state index is 5.44. The molecule has 2 aromatic rings. The molecule has 0 atom stereocenters. The molecule has 0 aliphatic rings. The van der Waals surface area contributed by atoms with E-state index >= 15 is 0 Å². The molecule has 0 fully saturated rings. The summed E-state index contributed by atoms with van der Waals surface area (Å²) in [6.07, 6.45) is 5.42. The van der Waals surface area contributed by atoms with Crippen molar-refractivity contribution in [3.05, 3.63) is 42.4 Å². The van der Waals surface area contributed by atoms with E-state index in [0.717, 1.165) is 12.1 Å². The van der Waals surface area contributed by atoms with E-state index in [0.29, 0.717) is 19.1 Å². The van der Waals surface area contributed by atoms with E-state index in [1.54, 1.807) is 19.5 Å². The number of methoxy groups -OCH3 is 1. The minimum atomic E-state index is 0.509. The Morgan fingerprint density at radius 2 is 2.24 bits per heavy atom. The average Bonchev–Trinajstić information content (AvgIpc) is 2.83. The molecule has 0 bridgehead atoms. The van der Waals surface area contributed by atoms with Crippen LogP contribution in [0.1, 0.15) is 5.56 Å². The zero-order chi connectivity index (χ0) is 11.9. The van der Waals surface area contributed by atoms with Crippen molar-refractivity contribution in [3.63, 3.8) is 0 Å². The number of rotatable bonds is 6. The zero-order valence-corrected chi connectivity index (χ0v) is 9.74. The predicted molar refractivity (Wildman–Crippen MR) is 62.9 cm³/mol. The third kappa shape index (κ3) is 3.57. The van der Waals surface area contributed by atoms with Gasteiger partial charge in [-0.3, -0.25) is 4.68 Å². The third-order valence-corrected chi connectivity index (χ3v) is 2.24. The Balaban J connectivity index is 1.96. The van der Waals surface area contributed by atoms with Gasteiger partial charge < -0.3 is 9.47 Å². The van der Waals surface area contributed by atoms with Crippen LogP contribution in [0.4, 0.5) is 0 Å². The Morgan fingerprint density at radius 3 is 3.00 bits per heavy atom. The van der Waals surface area contributed by atoms with Gasteiger partial charge in [0, 0.05) is 31.8 Å². The van der Waals surface area contributed by atoms with Gasteiger partial charge in [0.05, 0.1) is 13.2 Å². The molecule has 5 heteroatoms. The fourth-order valence-corrected chi connectivity index (χ4v) is 1.44. The van der Waals surface area contributed by atoms with Crippen molar-refractivity contribution in [2.24, 2.45) is 0 Å². The van der Waals surface area contributed by atoms with E-state index in [1.165, 1.54) is 0 Å². The molecular weight excluding hydrogens is 218 g/mol. The maximum absolute atomic E-state index is 5.44. The van der Waals surface area contributed by atoms with Gasteiger partial charge in [-0.2, -0.15) is 5.10 Å². The van der Waals surface area contributed by atoms with Crippen molar-refractivity contribution < 1.29 is 9.47 Å². The van der Waals surface area contributed by atoms with Gasteiger partial charge in [-0.05, 0) is 17.7 Å². The second kappa shape index (κ2) is 6.00. The number of ether oxygens (including phenoxy) is 2. The van der Waals surface area contributed by atoms with Crippen LogP contribution in [0.15, 0.2) is 36.8 Å². The van der Waals surface area contributed by atoms with Gasteiger partial charge in [-0.25, -0.2) is 4.98 Å². The summed E-state index contributed by atoms with van der Waals surface area (Å²) in [4.78, 5) is 4.13. The number of hydrogen-bond donors (Lipinski definition) is 0. The highest BCUT2D eigenvalue weighted by Gasteiger charge is 1.99. The Morgan fingerprint density at radius 1 is 1.29 bits per heavy atom. The molecule has 0 aromatic carbocycles. The quantitative estimate of drug-likeness (QED) is 0.707. The maximum Gasteiger partial charge on any atom is 0.213 e. The van der Waals surface area contributed by atoms with Crippen LogP contribution in [-0.2, 0) is 11.3 Å². The van der Waals surface area contributed by atoms with Gasteiger partial charge >= 0.3 is 0 Å². The van der Waals surface area contributed by atoms with Crippen molar-refractivity contribution in [3.8, 4) is 5.88 Å². The molecule has 2 aromatic heterocycles. The highest BCUT2D eigenvalue weighted by Crippen LogP contribution is 2.10. The highest BCUT2D eigenvalue weighted by atomic mass is 16.5. The van der Waals surface area contributed by atoms with Crippen molar-refractivity contribution in [1.82, 2.24) is 14.8 Å². The summed E-state index contributed by atoms with van der Waals surface area (Å²) in [6, 6.07) is 5.76. The molecule has 0 amide bonds. The smallest absolute Gasteiger partial charge is 0.213 e. The molecule has 0 aliphatic heterocycles. The molecule has 0 unspecified atom stereocenters. The van der Waals surface area contributed by atoms with E-state index in [9.17, 15) is 0 Å². The van der Waals surface area contributed by atoms with Gasteiger partial charge in [-0.1, -0.05) is 0 Å². The number of nitrogens with zero attached hydrogens (tertiary/aromatic N) is 3. The number of hydrogen-bond acceptors (Lipinski definition) is 4. The summed E-state index contributed by atoms with van der Waals surface area (Å²) in [6.45, 7) is 1.79. The second-order valence-corrected chi connectivity index (χ2v) is 3.55. The Kier molecular flexibility index (Phi) is 4.10. The zero-order valence-electron chi connectivity index (χ0n) is 9.74. The lowest BCUT2D eigenvalue weighted by atomic mass is 10.2. The molecule has 2 rings (SSSR count). The third-order valence-electron chi connectivity index (χ3n) is 2.24. The lowest BCUT2D eigenvalue weighted by Crippen LogP contribution is -2.06. The molecule has 5 nitrogen and oxygen atoms in total. The first kappa shape index (κ1) is 11.6. The number of aromatic nitrogens is 3. The van der Waals surface area contributed by atoms with Gasteiger partial charge in [0.2, 0.25) is 5.88 Å². The summed E-state index contributed by atoms with van der Waals surface area (Å²) in [5, 5.41) is 4.15. The monoisotopic (exact) mass is 233 g/mol. The average molecular weight is 233 g/mol. The van der Waals surface area contributed by atoms with Crippen molar-refractivity contribution in [2.75, 3.05) is 20.3 Å². The first-order valence-corrected chi connectivity index (χ1v) is 5.42. The second-order valence-electron chi connectivity index (χ2n) is 3.55. The minimum Gasteiger partial charge on any atom is -0.475 e. The van der Waals surface area contributed by atoms with Gasteiger partial charge in [0.25, 0.3) is 0 Å². The Labute approximate surface area is 100 Å². The van der Waals surface area contributed by atoms with Crippen LogP contribution < -0.4 is 4.74 Å². The van der Waals surface area contributed by atoms with Crippen LogP contribution in [0.2, 0.25) is 0 Å². The summed E-state index contributed by atoms with van der Waals surface area (Å²) >= 11 is 0. The lowest BCUT2D eigenvalue weighted by Gasteiger charge is -2.06. The fourth-order valence-electron chi connectivity index (χ4n) is 1.44. The number of pyridine rings is 1. The largest absolute Gasteiger partial charge is 0.475 e. The van der Waals surface area contributed by atoms with Crippen LogP contribution in [0.25, 0.3) is 0 Å². The van der Waals surface area contributed by atoms with Crippen molar-refractivity contribution in [1.29, 1.82) is 0 Å². The predicted octanol–water partition coefficient (Wildman–Crippen LogP) is 1.35. The van der Waals surface area contributed by atoms with Crippen LogP contribution >= 0.6 is 0 Å². The Bertz CT molecular complexity index is 443. The highest BCUT2D eigenvalue weighted by molar-refractivity contribution is 5.20. The summed E-state index contributed by atoms with van der Waals surface area (Å²) in [5.41, 5.74) is 1.11. The van der Waals surface area contributed by atoms with Gasteiger partial charge in [-0.15, -0.1) is 0 Å². The normalized spacial score (nSPS) is 10.4. The molecule has 0 aliphatic carbocycles. The molecule has 90 valence electrons. The molecule has 0 saturated carbocycles. The van der Waals surface area contributed by atoms with E-state index < -0.39 is 0 Å². The van der Waals surface area contributed by atoms with E-state index in [4.69, 9.17) is 9.47 Å². The SMILES string of the molecule is COCCOc1cc(Cn2cccn2)ccn1. The lowest BCUT2D eigenvalue weighted by molar-refractivity contribution is 0.143. The van der Waals surface area contributed by atoms with Crippen LogP contribution in [-0.4, -0.2) is 35.1 Å². The molecule has 0 N–H and O–H groups in total. The van der Waals surface area contributed by atoms with Crippen LogP contribution in [0.5, 0.6) is 5.88 Å². The molecule has 0 radical (unpaired) electrons. The Hall–Kier alpha value is -1.88. The molecule has 0 spiro atoms. The molecule has 2 heterocycles. The summed E-state index contributed by atoms with van der Waals surface area (Å²) in [5.74, 6) is 0.617. The molecular formula is C12H15N3O2. The van der Waals surface area contributed by atoms with Crippen LogP contribution in [0, 0.1) is 0 Å². The first-order chi connectivity index (χ1) is 8.38. The summed E-state index contributed by atoms with van der Waals surface area (Å²) < 4.78 is 12.2. The fraction of sp³-hybridized carbons (Fsp3) is 0.333. The molecule has 17 heavy (non-hydrogen) atoms. The van der Waals surface area contributed by atoms with Crippen molar-refractivity contribution >= 4 is 0 Å². The van der Waals surface area contributed by atoms with E-state index in [2.05, 4.69) is 10.1 Å². The summed E-state index contributed by atoms with van der Waals surface area (Å²) in [7, 11) is 1.64. The van der Waals surface area contributed by atoms with E-state index in [-0.39, 0.29) is 0 Å². The van der Waals surface area contributed by atoms with Gasteiger partial charge in [0.1, 0.15) is 6.61 Å². The van der Waals surface area contributed by atoms with Gasteiger partial charge in [0.15, 0.2) is 0 Å². The molecule has 0 saturated heterocycles. The van der Waals surface area contributed by atoms with Crippen LogP contribution in [0.3, 0.4) is 0 Å². The topological polar surface area (TPSA) is 49.2 Å². The van der Waals surface area contributed by atoms with Crippen molar-refractivity contribution in [2.45, 2.75) is 6.54 Å². The minimum absolute atomic E-state index is 0.509. The standard InChI is InChI=1S/C12H15N3O2/c1-16-7-8-17-12-9-11(3-5-13-12)10-15-6-2-4-14-15/h2-6,9H,7-8,10H2,1H3. The van der Waals surface area contributed by atoms with E-state index in [1.807, 2.05) is 29.1 Å².